The fraction of sp³-hybridized carbons (Fsp3) is 0.333. The molecule has 0 aromatic heterocycles. The fourth-order valence-electron chi connectivity index (χ4n) is 1.46. The molecule has 0 aliphatic carbocycles. The predicted molar refractivity (Wildman–Crippen MR) is 73.1 cm³/mol. The van der Waals surface area contributed by atoms with Gasteiger partial charge in [-0.05, 0) is 24.1 Å². The number of hydrogen-bond donors (Lipinski definition) is 4. The standard InChI is InChI=1S/C12H16NO7P/c13-10(12(16)17)4-5-21(18,19)20-7-8-2-1-3-9(6-8)11(14)15/h1-3,6,10H,4-5,7,13H2,(H,14,15)(H,16,17)(H,18,19). The van der Waals surface area contributed by atoms with Crippen LogP contribution in [0.25, 0.3) is 0 Å². The average Bonchev–Trinajstić information content (AvgIpc) is 2.43. The van der Waals surface area contributed by atoms with E-state index in [0.717, 1.165) is 0 Å². The van der Waals surface area contributed by atoms with Crippen molar-refractivity contribution in [1.29, 1.82) is 0 Å². The second-order valence-electron chi connectivity index (χ2n) is 4.37. The quantitative estimate of drug-likeness (QED) is 0.517. The van der Waals surface area contributed by atoms with Crippen molar-refractivity contribution in [2.24, 2.45) is 5.73 Å². The number of hydrogen-bond acceptors (Lipinski definition) is 5. The Morgan fingerprint density at radius 3 is 2.57 bits per heavy atom. The molecule has 2 unspecified atom stereocenters. The van der Waals surface area contributed by atoms with E-state index < -0.39 is 25.6 Å². The lowest BCUT2D eigenvalue weighted by Crippen LogP contribution is -2.30. The minimum Gasteiger partial charge on any atom is -0.480 e. The molecule has 1 aromatic rings. The van der Waals surface area contributed by atoms with Crippen LogP contribution in [0.5, 0.6) is 0 Å². The highest BCUT2D eigenvalue weighted by Crippen LogP contribution is 2.43. The van der Waals surface area contributed by atoms with Crippen molar-refractivity contribution < 1.29 is 33.8 Å². The van der Waals surface area contributed by atoms with E-state index in [1.165, 1.54) is 18.2 Å². The lowest BCUT2D eigenvalue weighted by Gasteiger charge is -2.13. The predicted octanol–water partition coefficient (Wildman–Crippen LogP) is 0.889. The Morgan fingerprint density at radius 1 is 1.33 bits per heavy atom. The number of aromatic carboxylic acids is 1. The first kappa shape index (κ1) is 17.3. The van der Waals surface area contributed by atoms with Gasteiger partial charge in [0, 0.05) is 0 Å². The minimum atomic E-state index is -3.98. The molecule has 9 heteroatoms. The van der Waals surface area contributed by atoms with Crippen molar-refractivity contribution in [2.75, 3.05) is 6.16 Å². The lowest BCUT2D eigenvalue weighted by molar-refractivity contribution is -0.138. The first-order valence-electron chi connectivity index (χ1n) is 5.98. The molecule has 0 aliphatic rings. The fourth-order valence-corrected chi connectivity index (χ4v) is 2.54. The summed E-state index contributed by atoms with van der Waals surface area (Å²) in [6.45, 7) is -0.253. The first-order chi connectivity index (χ1) is 9.71. The summed E-state index contributed by atoms with van der Waals surface area (Å²) in [7, 11) is -3.98. The Labute approximate surface area is 120 Å². The van der Waals surface area contributed by atoms with Crippen molar-refractivity contribution in [3.8, 4) is 0 Å². The van der Waals surface area contributed by atoms with Crippen LogP contribution in [0.1, 0.15) is 22.3 Å². The summed E-state index contributed by atoms with van der Waals surface area (Å²) in [4.78, 5) is 30.8. The number of aliphatic carboxylic acids is 1. The molecule has 0 heterocycles. The summed E-state index contributed by atoms with van der Waals surface area (Å²) in [6.07, 6.45) is -0.586. The Balaban J connectivity index is 2.57. The lowest BCUT2D eigenvalue weighted by atomic mass is 10.1. The SMILES string of the molecule is NC(CCP(=O)(O)OCc1cccc(C(=O)O)c1)C(=O)O. The number of carbonyl (C=O) groups is 2. The summed E-state index contributed by atoms with van der Waals surface area (Å²) in [5, 5.41) is 17.4. The molecular weight excluding hydrogens is 301 g/mol. The molecule has 1 rings (SSSR count). The summed E-state index contributed by atoms with van der Waals surface area (Å²) in [6, 6.07) is 4.52. The second-order valence-corrected chi connectivity index (χ2v) is 6.35. The molecule has 8 nitrogen and oxygen atoms in total. The van der Waals surface area contributed by atoms with Gasteiger partial charge in [0.25, 0.3) is 0 Å². The number of rotatable bonds is 8. The number of benzene rings is 1. The van der Waals surface area contributed by atoms with Gasteiger partial charge in [0.1, 0.15) is 6.04 Å². The van der Waals surface area contributed by atoms with E-state index in [1.54, 1.807) is 6.07 Å². The van der Waals surface area contributed by atoms with E-state index in [1.807, 2.05) is 0 Å². The third-order valence-corrected chi connectivity index (χ3v) is 4.00. The van der Waals surface area contributed by atoms with Gasteiger partial charge >= 0.3 is 19.5 Å². The van der Waals surface area contributed by atoms with Gasteiger partial charge in [-0.1, -0.05) is 12.1 Å². The molecular formula is C12H16NO7P. The number of carboxylic acid groups (broad SMARTS) is 2. The van der Waals surface area contributed by atoms with Gasteiger partial charge in [-0.2, -0.15) is 0 Å². The minimum absolute atomic E-state index is 0.0387. The summed E-state index contributed by atoms with van der Waals surface area (Å²) in [5.74, 6) is -2.37. The second kappa shape index (κ2) is 7.33. The van der Waals surface area contributed by atoms with Crippen molar-refractivity contribution in [3.05, 3.63) is 35.4 Å². The normalized spacial score (nSPS) is 15.1. The van der Waals surface area contributed by atoms with Crippen LogP contribution >= 0.6 is 7.60 Å². The molecule has 0 saturated heterocycles. The van der Waals surface area contributed by atoms with Crippen LogP contribution in [0, 0.1) is 0 Å². The molecule has 21 heavy (non-hydrogen) atoms. The van der Waals surface area contributed by atoms with Crippen LogP contribution in [0.15, 0.2) is 24.3 Å². The third-order valence-electron chi connectivity index (χ3n) is 2.65. The zero-order valence-corrected chi connectivity index (χ0v) is 11.9. The maximum absolute atomic E-state index is 11.7. The number of nitrogens with two attached hydrogens (primary N) is 1. The van der Waals surface area contributed by atoms with Gasteiger partial charge in [0.2, 0.25) is 0 Å². The maximum Gasteiger partial charge on any atom is 0.335 e. The Morgan fingerprint density at radius 2 is 2.00 bits per heavy atom. The van der Waals surface area contributed by atoms with Crippen LogP contribution in [0.4, 0.5) is 0 Å². The van der Waals surface area contributed by atoms with Gasteiger partial charge in [-0.3, -0.25) is 9.36 Å². The Hall–Kier alpha value is -1.73. The molecule has 0 bridgehead atoms. The van der Waals surface area contributed by atoms with Crippen molar-refractivity contribution in [3.63, 3.8) is 0 Å². The molecule has 0 fully saturated rings. The third kappa shape index (κ3) is 6.05. The largest absolute Gasteiger partial charge is 0.480 e. The van der Waals surface area contributed by atoms with E-state index in [-0.39, 0.29) is 24.8 Å². The van der Waals surface area contributed by atoms with E-state index in [0.29, 0.717) is 5.56 Å². The van der Waals surface area contributed by atoms with E-state index >= 15 is 0 Å². The Kier molecular flexibility index (Phi) is 6.04. The topological polar surface area (TPSA) is 147 Å². The summed E-state index contributed by atoms with van der Waals surface area (Å²) < 4.78 is 16.6. The van der Waals surface area contributed by atoms with Crippen LogP contribution < -0.4 is 5.73 Å². The van der Waals surface area contributed by atoms with Crippen LogP contribution in [0.2, 0.25) is 0 Å². The smallest absolute Gasteiger partial charge is 0.335 e. The summed E-state index contributed by atoms with van der Waals surface area (Å²) >= 11 is 0. The monoisotopic (exact) mass is 317 g/mol. The Bertz CT molecular complexity index is 574. The van der Waals surface area contributed by atoms with Crippen LogP contribution in [-0.4, -0.2) is 39.2 Å². The molecule has 0 spiro atoms. The highest BCUT2D eigenvalue weighted by Gasteiger charge is 2.23. The zero-order valence-electron chi connectivity index (χ0n) is 11.0. The maximum atomic E-state index is 11.7. The highest BCUT2D eigenvalue weighted by molar-refractivity contribution is 7.52. The van der Waals surface area contributed by atoms with Gasteiger partial charge in [0.15, 0.2) is 0 Å². The van der Waals surface area contributed by atoms with Crippen LogP contribution in [0.3, 0.4) is 0 Å². The molecule has 116 valence electrons. The average molecular weight is 317 g/mol. The molecule has 1 aromatic carbocycles. The summed E-state index contributed by atoms with van der Waals surface area (Å²) in [5.41, 5.74) is 5.69. The highest BCUT2D eigenvalue weighted by atomic mass is 31.2. The van der Waals surface area contributed by atoms with Crippen molar-refractivity contribution >= 4 is 19.5 Å². The molecule has 0 radical (unpaired) electrons. The number of carboxylic acids is 2. The molecule has 0 aliphatic heterocycles. The van der Waals surface area contributed by atoms with Gasteiger partial charge in [-0.25, -0.2) is 4.79 Å². The molecule has 2 atom stereocenters. The van der Waals surface area contributed by atoms with E-state index in [9.17, 15) is 19.0 Å². The van der Waals surface area contributed by atoms with E-state index in [4.69, 9.17) is 20.5 Å². The van der Waals surface area contributed by atoms with Crippen molar-refractivity contribution in [1.82, 2.24) is 0 Å². The molecule has 5 N–H and O–H groups in total. The van der Waals surface area contributed by atoms with Gasteiger partial charge < -0.3 is 25.4 Å². The van der Waals surface area contributed by atoms with Crippen LogP contribution in [-0.2, 0) is 20.5 Å². The van der Waals surface area contributed by atoms with E-state index in [2.05, 4.69) is 0 Å². The molecule has 0 saturated carbocycles. The molecule has 0 amide bonds. The zero-order chi connectivity index (χ0) is 16.0. The van der Waals surface area contributed by atoms with Gasteiger partial charge in [-0.15, -0.1) is 0 Å². The first-order valence-corrected chi connectivity index (χ1v) is 7.74. The van der Waals surface area contributed by atoms with Crippen molar-refractivity contribution in [2.45, 2.75) is 19.1 Å². The van der Waals surface area contributed by atoms with Gasteiger partial charge in [0.05, 0.1) is 18.3 Å².